The van der Waals surface area contributed by atoms with Gasteiger partial charge in [0.25, 0.3) is 0 Å². The van der Waals surface area contributed by atoms with E-state index in [1.807, 2.05) is 54.6 Å². The maximum atomic E-state index is 11.5. The van der Waals surface area contributed by atoms with E-state index in [1.165, 1.54) is 12.1 Å². The summed E-state index contributed by atoms with van der Waals surface area (Å²) in [7, 11) is -3.74. The van der Waals surface area contributed by atoms with Crippen molar-refractivity contribution in [2.24, 2.45) is 5.14 Å². The third kappa shape index (κ3) is 2.92. The molecule has 5 aromatic rings. The number of sulfonamides is 1. The van der Waals surface area contributed by atoms with E-state index in [0.717, 1.165) is 39.4 Å². The standard InChI is InChI=1S/C24H18N4O3S/c25-32(29,30)16-11-9-15(10-12-16)21-13-14-22(31-21)24-26-18-6-2-1-5-17(18)23-27-19-7-3-4-8-20(19)28(23)24/h1-14,24,26H,(H2,25,29,30). The van der Waals surface area contributed by atoms with Crippen LogP contribution in [0.5, 0.6) is 0 Å². The number of anilines is 1. The molecule has 6 rings (SSSR count). The summed E-state index contributed by atoms with van der Waals surface area (Å²) in [6.45, 7) is 0. The molecule has 0 fully saturated rings. The summed E-state index contributed by atoms with van der Waals surface area (Å²) in [6, 6.07) is 26.2. The topological polar surface area (TPSA) is 103 Å². The second kappa shape index (κ2) is 6.81. The van der Waals surface area contributed by atoms with Crippen LogP contribution in [0, 0.1) is 0 Å². The molecule has 0 spiro atoms. The minimum absolute atomic E-state index is 0.0631. The van der Waals surface area contributed by atoms with Gasteiger partial charge in [0.2, 0.25) is 10.0 Å². The van der Waals surface area contributed by atoms with Crippen molar-refractivity contribution in [2.75, 3.05) is 5.32 Å². The van der Waals surface area contributed by atoms with Crippen molar-refractivity contribution in [3.05, 3.63) is 90.7 Å². The number of primary sulfonamides is 1. The fourth-order valence-electron chi connectivity index (χ4n) is 4.17. The Morgan fingerprint density at radius 3 is 2.47 bits per heavy atom. The number of nitrogens with two attached hydrogens (primary N) is 1. The maximum Gasteiger partial charge on any atom is 0.238 e. The number of hydrogen-bond acceptors (Lipinski definition) is 5. The van der Waals surface area contributed by atoms with Crippen LogP contribution in [0.4, 0.5) is 5.69 Å². The molecule has 0 aliphatic carbocycles. The normalized spacial score (nSPS) is 15.2. The molecule has 32 heavy (non-hydrogen) atoms. The van der Waals surface area contributed by atoms with Gasteiger partial charge in [0, 0.05) is 16.8 Å². The van der Waals surface area contributed by atoms with E-state index < -0.39 is 10.0 Å². The summed E-state index contributed by atoms with van der Waals surface area (Å²) in [5.74, 6) is 2.23. The van der Waals surface area contributed by atoms with Gasteiger partial charge in [0.05, 0.1) is 15.9 Å². The fourth-order valence-corrected chi connectivity index (χ4v) is 4.69. The van der Waals surface area contributed by atoms with Crippen LogP contribution in [-0.2, 0) is 10.0 Å². The van der Waals surface area contributed by atoms with Crippen LogP contribution in [0.15, 0.2) is 94.2 Å². The summed E-state index contributed by atoms with van der Waals surface area (Å²) in [4.78, 5) is 4.94. The van der Waals surface area contributed by atoms with Crippen molar-refractivity contribution in [3.63, 3.8) is 0 Å². The molecule has 1 atom stereocenters. The average molecular weight is 443 g/mol. The molecule has 0 saturated carbocycles. The van der Waals surface area contributed by atoms with Crippen LogP contribution in [-0.4, -0.2) is 18.0 Å². The molecule has 0 bridgehead atoms. The van der Waals surface area contributed by atoms with E-state index in [0.29, 0.717) is 5.76 Å². The largest absolute Gasteiger partial charge is 0.457 e. The van der Waals surface area contributed by atoms with Crippen LogP contribution < -0.4 is 10.5 Å². The number of para-hydroxylation sites is 3. The molecule has 3 N–H and O–H groups in total. The number of nitrogens with one attached hydrogen (secondary N) is 1. The predicted octanol–water partition coefficient (Wildman–Crippen LogP) is 4.58. The van der Waals surface area contributed by atoms with Crippen molar-refractivity contribution < 1.29 is 12.8 Å². The number of benzene rings is 3. The zero-order valence-electron chi connectivity index (χ0n) is 16.8. The molecular weight excluding hydrogens is 424 g/mol. The van der Waals surface area contributed by atoms with E-state index in [9.17, 15) is 8.42 Å². The number of nitrogens with zero attached hydrogens (tertiary/aromatic N) is 2. The first-order valence-corrected chi connectivity index (χ1v) is 11.6. The predicted molar refractivity (Wildman–Crippen MR) is 122 cm³/mol. The summed E-state index contributed by atoms with van der Waals surface area (Å²) in [6.07, 6.45) is -0.287. The van der Waals surface area contributed by atoms with Crippen LogP contribution in [0.3, 0.4) is 0 Å². The van der Waals surface area contributed by atoms with E-state index >= 15 is 0 Å². The Morgan fingerprint density at radius 1 is 0.906 bits per heavy atom. The van der Waals surface area contributed by atoms with Gasteiger partial charge in [0.1, 0.15) is 17.3 Å². The molecule has 3 heterocycles. The SMILES string of the molecule is NS(=O)(=O)c1ccc(-c2ccc(C3Nc4ccccc4-c4nc5ccccc5n43)o2)cc1. The Kier molecular flexibility index (Phi) is 4.01. The first-order chi connectivity index (χ1) is 15.5. The molecule has 0 amide bonds. The molecule has 1 aliphatic heterocycles. The van der Waals surface area contributed by atoms with Crippen molar-refractivity contribution in [2.45, 2.75) is 11.1 Å². The van der Waals surface area contributed by atoms with E-state index in [4.69, 9.17) is 14.5 Å². The Bertz CT molecular complexity index is 1580. The van der Waals surface area contributed by atoms with Crippen molar-refractivity contribution in [1.29, 1.82) is 0 Å². The second-order valence-electron chi connectivity index (χ2n) is 7.66. The second-order valence-corrected chi connectivity index (χ2v) is 9.22. The van der Waals surface area contributed by atoms with Gasteiger partial charge in [-0.1, -0.05) is 24.3 Å². The van der Waals surface area contributed by atoms with Gasteiger partial charge >= 0.3 is 0 Å². The highest BCUT2D eigenvalue weighted by molar-refractivity contribution is 7.89. The molecule has 7 nitrogen and oxygen atoms in total. The third-order valence-electron chi connectivity index (χ3n) is 5.68. The van der Waals surface area contributed by atoms with Crippen molar-refractivity contribution >= 4 is 26.7 Å². The molecular formula is C24H18N4O3S. The lowest BCUT2D eigenvalue weighted by Crippen LogP contribution is -2.24. The highest BCUT2D eigenvalue weighted by atomic mass is 32.2. The lowest BCUT2D eigenvalue weighted by molar-refractivity contribution is 0.465. The highest BCUT2D eigenvalue weighted by Crippen LogP contribution is 2.41. The molecule has 158 valence electrons. The molecule has 0 radical (unpaired) electrons. The third-order valence-corrected chi connectivity index (χ3v) is 6.61. The molecule has 2 aromatic heterocycles. The number of hydrogen-bond donors (Lipinski definition) is 2. The molecule has 8 heteroatoms. The molecule has 3 aromatic carbocycles. The monoisotopic (exact) mass is 442 g/mol. The van der Waals surface area contributed by atoms with Crippen molar-refractivity contribution in [1.82, 2.24) is 9.55 Å². The minimum Gasteiger partial charge on any atom is -0.457 e. The smallest absolute Gasteiger partial charge is 0.238 e. The number of imidazole rings is 1. The minimum atomic E-state index is -3.74. The van der Waals surface area contributed by atoms with E-state index in [2.05, 4.69) is 16.0 Å². The zero-order valence-corrected chi connectivity index (χ0v) is 17.6. The Hall–Kier alpha value is -3.88. The zero-order chi connectivity index (χ0) is 21.9. The quantitative estimate of drug-likeness (QED) is 0.426. The Labute approximate surface area is 184 Å². The van der Waals surface area contributed by atoms with E-state index in [1.54, 1.807) is 12.1 Å². The van der Waals surface area contributed by atoms with Crippen molar-refractivity contribution in [3.8, 4) is 22.7 Å². The van der Waals surface area contributed by atoms with Gasteiger partial charge in [-0.2, -0.15) is 0 Å². The average Bonchev–Trinajstić information content (AvgIpc) is 3.44. The van der Waals surface area contributed by atoms with Crippen LogP contribution >= 0.6 is 0 Å². The number of furan rings is 1. The summed E-state index contributed by atoms with van der Waals surface area (Å²) in [5, 5.41) is 8.77. The van der Waals surface area contributed by atoms with E-state index in [-0.39, 0.29) is 11.1 Å². The fraction of sp³-hybridized carbons (Fsp3) is 0.0417. The summed E-state index contributed by atoms with van der Waals surface area (Å²) >= 11 is 0. The highest BCUT2D eigenvalue weighted by Gasteiger charge is 2.30. The summed E-state index contributed by atoms with van der Waals surface area (Å²) < 4.78 is 31.4. The van der Waals surface area contributed by atoms with Gasteiger partial charge in [-0.25, -0.2) is 18.5 Å². The number of aromatic nitrogens is 2. The summed E-state index contributed by atoms with van der Waals surface area (Å²) in [5.41, 5.74) is 4.69. The van der Waals surface area contributed by atoms with Gasteiger partial charge in [-0.05, 0) is 60.7 Å². The molecule has 1 unspecified atom stereocenters. The lowest BCUT2D eigenvalue weighted by Gasteiger charge is -2.28. The number of fused-ring (bicyclic) bond motifs is 5. The van der Waals surface area contributed by atoms with Gasteiger partial charge in [-0.3, -0.25) is 4.57 Å². The van der Waals surface area contributed by atoms with Gasteiger partial charge in [0.15, 0.2) is 6.17 Å². The maximum absolute atomic E-state index is 11.5. The lowest BCUT2D eigenvalue weighted by atomic mass is 10.1. The Balaban J connectivity index is 1.46. The molecule has 1 aliphatic rings. The Morgan fingerprint density at radius 2 is 1.66 bits per heavy atom. The van der Waals surface area contributed by atoms with Crippen LogP contribution in [0.2, 0.25) is 0 Å². The molecule has 0 saturated heterocycles. The van der Waals surface area contributed by atoms with Crippen LogP contribution in [0.25, 0.3) is 33.7 Å². The van der Waals surface area contributed by atoms with Gasteiger partial charge in [-0.15, -0.1) is 0 Å². The first-order valence-electron chi connectivity index (χ1n) is 10.0. The van der Waals surface area contributed by atoms with Crippen LogP contribution in [0.1, 0.15) is 11.9 Å². The number of rotatable bonds is 3. The van der Waals surface area contributed by atoms with Gasteiger partial charge < -0.3 is 9.73 Å². The first kappa shape index (κ1) is 18.9.